The molecule has 0 radical (unpaired) electrons. The van der Waals surface area contributed by atoms with Crippen molar-refractivity contribution in [3.63, 3.8) is 0 Å². The van der Waals surface area contributed by atoms with Crippen molar-refractivity contribution in [2.75, 3.05) is 24.2 Å². The fraction of sp³-hybridized carbons (Fsp3) is 0.920. The third kappa shape index (κ3) is 14.9. The van der Waals surface area contributed by atoms with E-state index in [1.54, 1.807) is 0 Å². The van der Waals surface area contributed by atoms with Gasteiger partial charge in [0.05, 0.1) is 25.7 Å². The summed E-state index contributed by atoms with van der Waals surface area (Å²) in [5.41, 5.74) is 0. The van der Waals surface area contributed by atoms with Gasteiger partial charge in [0.2, 0.25) is 0 Å². The van der Waals surface area contributed by atoms with Gasteiger partial charge in [-0.2, -0.15) is 0 Å². The Morgan fingerprint density at radius 2 is 1.10 bits per heavy atom. The maximum Gasteiger partial charge on any atom is 0.289 e. The van der Waals surface area contributed by atoms with Crippen molar-refractivity contribution in [1.82, 2.24) is 0 Å². The second-order valence-electron chi connectivity index (χ2n) is 7.95. The average molecular weight is 525 g/mol. The molecule has 0 amide bonds. The number of allylic oxidation sites excluding steroid dienone is 1. The van der Waals surface area contributed by atoms with Gasteiger partial charge in [0.15, 0.2) is 0 Å². The zero-order chi connectivity index (χ0) is 21.6. The van der Waals surface area contributed by atoms with Gasteiger partial charge in [0, 0.05) is 4.43 Å². The van der Waals surface area contributed by atoms with Gasteiger partial charge >= 0.3 is 0 Å². The predicted molar refractivity (Wildman–Crippen MR) is 135 cm³/mol. The maximum atomic E-state index is 6.42. The van der Waals surface area contributed by atoms with Crippen LogP contribution in [0.2, 0.25) is 0 Å². The van der Waals surface area contributed by atoms with Gasteiger partial charge in [-0.3, -0.25) is 0 Å². The summed E-state index contributed by atoms with van der Waals surface area (Å²) >= 11 is 2.40. The van der Waals surface area contributed by atoms with Crippen molar-refractivity contribution in [1.29, 1.82) is 0 Å². The largest absolute Gasteiger partial charge is 0.327 e. The molecule has 0 aromatic rings. The molecule has 0 aliphatic carbocycles. The molecule has 0 saturated heterocycles. The molecule has 1 atom stereocenters. The van der Waals surface area contributed by atoms with E-state index >= 15 is 0 Å². The first-order chi connectivity index (χ1) is 14.2. The second kappa shape index (κ2) is 21.6. The second-order valence-corrected chi connectivity index (χ2v) is 8.84. The minimum absolute atomic E-state index is 0.147. The van der Waals surface area contributed by atoms with Crippen LogP contribution in [0.5, 0.6) is 0 Å². The van der Waals surface area contributed by atoms with E-state index in [0.29, 0.717) is 19.8 Å². The van der Waals surface area contributed by atoms with E-state index in [-0.39, 0.29) is 5.92 Å². The third-order valence-electron chi connectivity index (χ3n) is 5.18. The zero-order valence-corrected chi connectivity index (χ0v) is 22.0. The minimum atomic E-state index is -0.925. The highest BCUT2D eigenvalue weighted by Gasteiger charge is 2.41. The number of unbranched alkanes of at least 4 members (excludes halogenated alkanes) is 8. The van der Waals surface area contributed by atoms with Crippen LogP contribution in [-0.2, 0) is 14.2 Å². The van der Waals surface area contributed by atoms with Crippen molar-refractivity contribution >= 4 is 22.6 Å². The number of alkyl halides is 1. The highest BCUT2D eigenvalue weighted by molar-refractivity contribution is 14.1. The topological polar surface area (TPSA) is 27.7 Å². The van der Waals surface area contributed by atoms with E-state index in [1.165, 1.54) is 38.5 Å². The van der Waals surface area contributed by atoms with Crippen molar-refractivity contribution in [3.8, 4) is 0 Å². The lowest BCUT2D eigenvalue weighted by molar-refractivity contribution is -0.399. The van der Waals surface area contributed by atoms with Crippen LogP contribution >= 0.6 is 22.6 Å². The van der Waals surface area contributed by atoms with E-state index < -0.39 is 5.97 Å². The molecule has 0 aliphatic rings. The molecule has 1 unspecified atom stereocenters. The lowest BCUT2D eigenvalue weighted by Gasteiger charge is -2.39. The molecule has 0 fully saturated rings. The SMILES string of the molecule is CCCCCCCCC(C=CCI)C(OCCCC)(OCCCC)OCCCC. The predicted octanol–water partition coefficient (Wildman–Crippen LogP) is 8.45. The van der Waals surface area contributed by atoms with Crippen molar-refractivity contribution in [2.24, 2.45) is 5.92 Å². The quantitative estimate of drug-likeness (QED) is 0.0468. The van der Waals surface area contributed by atoms with Crippen LogP contribution < -0.4 is 0 Å². The Balaban J connectivity index is 5.27. The number of rotatable bonds is 22. The summed E-state index contributed by atoms with van der Waals surface area (Å²) in [4.78, 5) is 0. The molecule has 174 valence electrons. The summed E-state index contributed by atoms with van der Waals surface area (Å²) < 4.78 is 20.3. The molecule has 0 heterocycles. The van der Waals surface area contributed by atoms with Gasteiger partial charge in [0.1, 0.15) is 0 Å². The monoisotopic (exact) mass is 524 g/mol. The van der Waals surface area contributed by atoms with E-state index in [4.69, 9.17) is 14.2 Å². The van der Waals surface area contributed by atoms with Crippen molar-refractivity contribution in [2.45, 2.75) is 117 Å². The lowest BCUT2D eigenvalue weighted by Crippen LogP contribution is -2.46. The van der Waals surface area contributed by atoms with Crippen molar-refractivity contribution in [3.05, 3.63) is 12.2 Å². The molecule has 0 aromatic carbocycles. The van der Waals surface area contributed by atoms with Crippen LogP contribution in [0, 0.1) is 5.92 Å². The molecule has 0 aliphatic heterocycles. The van der Waals surface area contributed by atoms with Gasteiger partial charge in [-0.1, -0.05) is 120 Å². The Labute approximate surface area is 195 Å². The van der Waals surface area contributed by atoms with E-state index in [0.717, 1.165) is 49.4 Å². The van der Waals surface area contributed by atoms with Crippen LogP contribution in [0.1, 0.15) is 111 Å². The van der Waals surface area contributed by atoms with Crippen LogP contribution in [0.4, 0.5) is 0 Å². The first-order valence-electron chi connectivity index (χ1n) is 12.3. The average Bonchev–Trinajstić information content (AvgIpc) is 2.73. The molecule has 0 N–H and O–H groups in total. The number of halogens is 1. The number of hydrogen-bond donors (Lipinski definition) is 0. The Hall–Kier alpha value is 0.350. The summed E-state index contributed by atoms with van der Waals surface area (Å²) in [5, 5.41) is 0. The Morgan fingerprint density at radius 3 is 1.55 bits per heavy atom. The molecule has 3 nitrogen and oxygen atoms in total. The smallest absolute Gasteiger partial charge is 0.289 e. The molecule has 0 rings (SSSR count). The molecule has 0 spiro atoms. The van der Waals surface area contributed by atoms with Crippen LogP contribution in [0.15, 0.2) is 12.2 Å². The Bertz CT molecular complexity index is 333. The van der Waals surface area contributed by atoms with E-state index in [1.807, 2.05) is 0 Å². The van der Waals surface area contributed by atoms with Crippen molar-refractivity contribution < 1.29 is 14.2 Å². The van der Waals surface area contributed by atoms with Gasteiger partial charge in [-0.25, -0.2) is 0 Å². The summed E-state index contributed by atoms with van der Waals surface area (Å²) in [6, 6.07) is 0. The first-order valence-corrected chi connectivity index (χ1v) is 13.9. The molecule has 29 heavy (non-hydrogen) atoms. The standard InChI is InChI=1S/C25H49IO3/c1-5-9-13-14-15-16-18-24(19-17-20-26)25(27-21-10-6-2,28-22-11-7-3)29-23-12-8-4/h17,19,24H,5-16,18,20-23H2,1-4H3. The molecular formula is C25H49IO3. The lowest BCUT2D eigenvalue weighted by atomic mass is 9.96. The molecular weight excluding hydrogens is 475 g/mol. The summed E-state index contributed by atoms with van der Waals surface area (Å²) in [6.45, 7) is 11.0. The molecule has 0 bridgehead atoms. The number of ether oxygens (including phenoxy) is 3. The van der Waals surface area contributed by atoms with Crippen LogP contribution in [0.3, 0.4) is 0 Å². The van der Waals surface area contributed by atoms with E-state index in [2.05, 4.69) is 62.4 Å². The van der Waals surface area contributed by atoms with Gasteiger partial charge in [0.25, 0.3) is 5.97 Å². The zero-order valence-electron chi connectivity index (χ0n) is 19.9. The fourth-order valence-corrected chi connectivity index (χ4v) is 3.57. The first kappa shape index (κ1) is 29.4. The third-order valence-corrected chi connectivity index (χ3v) is 5.69. The van der Waals surface area contributed by atoms with E-state index in [9.17, 15) is 0 Å². The number of hydrogen-bond acceptors (Lipinski definition) is 3. The van der Waals surface area contributed by atoms with Crippen LogP contribution in [0.25, 0.3) is 0 Å². The maximum absolute atomic E-state index is 6.42. The van der Waals surface area contributed by atoms with Gasteiger partial charge in [-0.05, 0) is 25.7 Å². The van der Waals surface area contributed by atoms with Gasteiger partial charge in [-0.15, -0.1) is 0 Å². The highest BCUT2D eigenvalue weighted by Crippen LogP contribution is 2.33. The molecule has 0 saturated carbocycles. The minimum Gasteiger partial charge on any atom is -0.327 e. The molecule has 4 heteroatoms. The summed E-state index contributed by atoms with van der Waals surface area (Å²) in [5.74, 6) is -0.778. The Kier molecular flexibility index (Phi) is 21.8. The Morgan fingerprint density at radius 1 is 0.655 bits per heavy atom. The summed E-state index contributed by atoms with van der Waals surface area (Å²) in [6.07, 6.45) is 19.9. The fourth-order valence-electron chi connectivity index (χ4n) is 3.27. The highest BCUT2D eigenvalue weighted by atomic mass is 127. The molecule has 0 aromatic heterocycles. The van der Waals surface area contributed by atoms with Gasteiger partial charge < -0.3 is 14.2 Å². The normalized spacial score (nSPS) is 13.4. The van der Waals surface area contributed by atoms with Crippen LogP contribution in [-0.4, -0.2) is 30.2 Å². The summed E-state index contributed by atoms with van der Waals surface area (Å²) in [7, 11) is 0.